The molecule has 1 fully saturated rings. The predicted molar refractivity (Wildman–Crippen MR) is 52.6 cm³/mol. The largest absolute Gasteiger partial charge is 0.380 e. The van der Waals surface area contributed by atoms with Crippen LogP contribution in [0.3, 0.4) is 0 Å². The van der Waals surface area contributed by atoms with E-state index >= 15 is 0 Å². The molecule has 0 spiro atoms. The minimum Gasteiger partial charge on any atom is -0.380 e. The highest BCUT2D eigenvalue weighted by molar-refractivity contribution is 5.60. The molecule has 1 heterocycles. The first-order valence-electron chi connectivity index (χ1n) is 5.02. The Kier molecular flexibility index (Phi) is 3.12. The normalized spacial score (nSPS) is 29.2. The smallest absolute Gasteiger partial charge is 0.128 e. The molecule has 1 aliphatic heterocycles. The average molecular weight is 184 g/mol. The monoisotopic (exact) mass is 184 g/mol. The SMILES string of the molecule is CC(C)(C)CCC1(C=O)CCOC1. The van der Waals surface area contributed by atoms with Gasteiger partial charge in [-0.2, -0.15) is 0 Å². The fourth-order valence-electron chi connectivity index (χ4n) is 1.60. The maximum atomic E-state index is 11.0. The van der Waals surface area contributed by atoms with Crippen LogP contribution in [0.1, 0.15) is 40.0 Å². The Morgan fingerprint density at radius 2 is 2.15 bits per heavy atom. The van der Waals surface area contributed by atoms with Crippen LogP contribution < -0.4 is 0 Å². The number of carbonyl (C=O) groups excluding carboxylic acids is 1. The summed E-state index contributed by atoms with van der Waals surface area (Å²) in [4.78, 5) is 11.0. The zero-order valence-corrected chi connectivity index (χ0v) is 8.93. The van der Waals surface area contributed by atoms with Crippen molar-refractivity contribution in [1.82, 2.24) is 0 Å². The van der Waals surface area contributed by atoms with E-state index in [9.17, 15) is 4.79 Å². The molecule has 0 N–H and O–H groups in total. The lowest BCUT2D eigenvalue weighted by atomic mass is 9.78. The van der Waals surface area contributed by atoms with Crippen LogP contribution in [-0.4, -0.2) is 19.5 Å². The highest BCUT2D eigenvalue weighted by atomic mass is 16.5. The molecule has 1 saturated heterocycles. The lowest BCUT2D eigenvalue weighted by Gasteiger charge is -2.25. The molecule has 0 aromatic carbocycles. The molecule has 0 bridgehead atoms. The van der Waals surface area contributed by atoms with Crippen LogP contribution in [-0.2, 0) is 9.53 Å². The zero-order chi connectivity index (χ0) is 9.95. The summed E-state index contributed by atoms with van der Waals surface area (Å²) in [7, 11) is 0. The maximum Gasteiger partial charge on any atom is 0.128 e. The summed E-state index contributed by atoms with van der Waals surface area (Å²) in [5.41, 5.74) is 0.159. The van der Waals surface area contributed by atoms with Crippen LogP contribution in [0.25, 0.3) is 0 Å². The van der Waals surface area contributed by atoms with Crippen LogP contribution in [0.2, 0.25) is 0 Å². The predicted octanol–water partition coefficient (Wildman–Crippen LogP) is 2.42. The van der Waals surface area contributed by atoms with Gasteiger partial charge in [0.15, 0.2) is 0 Å². The average Bonchev–Trinajstić information content (AvgIpc) is 2.49. The highest BCUT2D eigenvalue weighted by Gasteiger charge is 2.35. The van der Waals surface area contributed by atoms with E-state index in [4.69, 9.17) is 4.74 Å². The standard InChI is InChI=1S/C11H20O2/c1-10(2,3)4-5-11(8-12)6-7-13-9-11/h8H,4-7,9H2,1-3H3. The summed E-state index contributed by atoms with van der Waals surface area (Å²) in [6.07, 6.45) is 4.08. The number of hydrogen-bond donors (Lipinski definition) is 0. The van der Waals surface area contributed by atoms with Gasteiger partial charge < -0.3 is 9.53 Å². The highest BCUT2D eigenvalue weighted by Crippen LogP contribution is 2.35. The Balaban J connectivity index is 2.45. The third-order valence-electron chi connectivity index (χ3n) is 2.76. The van der Waals surface area contributed by atoms with Crippen LogP contribution in [0.15, 0.2) is 0 Å². The lowest BCUT2D eigenvalue weighted by Crippen LogP contribution is -2.24. The van der Waals surface area contributed by atoms with Gasteiger partial charge in [0, 0.05) is 6.61 Å². The van der Waals surface area contributed by atoms with E-state index in [-0.39, 0.29) is 5.41 Å². The van der Waals surface area contributed by atoms with Crippen molar-refractivity contribution in [3.63, 3.8) is 0 Å². The van der Waals surface area contributed by atoms with Gasteiger partial charge in [-0.1, -0.05) is 20.8 Å². The van der Waals surface area contributed by atoms with Gasteiger partial charge in [-0.3, -0.25) is 0 Å². The summed E-state index contributed by atoms with van der Waals surface area (Å²) in [6.45, 7) is 8.01. The van der Waals surface area contributed by atoms with Gasteiger partial charge in [-0.25, -0.2) is 0 Å². The molecule has 2 heteroatoms. The first kappa shape index (κ1) is 10.7. The van der Waals surface area contributed by atoms with E-state index in [0.717, 1.165) is 32.2 Å². The molecule has 0 aliphatic carbocycles. The molecule has 1 unspecified atom stereocenters. The Morgan fingerprint density at radius 1 is 1.46 bits per heavy atom. The molecule has 0 aromatic heterocycles. The quantitative estimate of drug-likeness (QED) is 0.630. The third kappa shape index (κ3) is 3.11. The third-order valence-corrected chi connectivity index (χ3v) is 2.76. The minimum absolute atomic E-state index is 0.159. The van der Waals surface area contributed by atoms with Crippen LogP contribution >= 0.6 is 0 Å². The first-order chi connectivity index (χ1) is 5.97. The van der Waals surface area contributed by atoms with Crippen molar-refractivity contribution in [1.29, 1.82) is 0 Å². The van der Waals surface area contributed by atoms with E-state index in [1.165, 1.54) is 0 Å². The molecular weight excluding hydrogens is 164 g/mol. The van der Waals surface area contributed by atoms with Gasteiger partial charge in [0.1, 0.15) is 6.29 Å². The van der Waals surface area contributed by atoms with Gasteiger partial charge in [-0.15, -0.1) is 0 Å². The van der Waals surface area contributed by atoms with Crippen molar-refractivity contribution in [2.45, 2.75) is 40.0 Å². The second-order valence-corrected chi connectivity index (χ2v) is 5.34. The van der Waals surface area contributed by atoms with E-state index in [1.807, 2.05) is 0 Å². The second-order valence-electron chi connectivity index (χ2n) is 5.34. The van der Waals surface area contributed by atoms with Crippen molar-refractivity contribution in [3.05, 3.63) is 0 Å². The van der Waals surface area contributed by atoms with Gasteiger partial charge >= 0.3 is 0 Å². The van der Waals surface area contributed by atoms with Crippen molar-refractivity contribution in [3.8, 4) is 0 Å². The van der Waals surface area contributed by atoms with Gasteiger partial charge in [0.2, 0.25) is 0 Å². The van der Waals surface area contributed by atoms with Crippen LogP contribution in [0.4, 0.5) is 0 Å². The summed E-state index contributed by atoms with van der Waals surface area (Å²) in [5, 5.41) is 0. The van der Waals surface area contributed by atoms with E-state index in [0.29, 0.717) is 12.0 Å². The fraction of sp³-hybridized carbons (Fsp3) is 0.909. The van der Waals surface area contributed by atoms with Crippen molar-refractivity contribution in [2.75, 3.05) is 13.2 Å². The molecule has 1 aliphatic rings. The molecule has 2 nitrogen and oxygen atoms in total. The number of hydrogen-bond acceptors (Lipinski definition) is 2. The minimum atomic E-state index is -0.159. The van der Waals surface area contributed by atoms with Crippen LogP contribution in [0, 0.1) is 10.8 Å². The lowest BCUT2D eigenvalue weighted by molar-refractivity contribution is -0.116. The van der Waals surface area contributed by atoms with Gasteiger partial charge in [-0.05, 0) is 24.7 Å². The Hall–Kier alpha value is -0.370. The topological polar surface area (TPSA) is 26.3 Å². The van der Waals surface area contributed by atoms with E-state index < -0.39 is 0 Å². The zero-order valence-electron chi connectivity index (χ0n) is 8.93. The fourth-order valence-corrected chi connectivity index (χ4v) is 1.60. The Morgan fingerprint density at radius 3 is 2.54 bits per heavy atom. The second kappa shape index (κ2) is 3.79. The Labute approximate surface area is 80.7 Å². The van der Waals surface area contributed by atoms with E-state index in [1.54, 1.807) is 0 Å². The molecule has 1 rings (SSSR count). The molecule has 76 valence electrons. The molecule has 0 radical (unpaired) electrons. The van der Waals surface area contributed by atoms with Crippen LogP contribution in [0.5, 0.6) is 0 Å². The van der Waals surface area contributed by atoms with Crippen molar-refractivity contribution < 1.29 is 9.53 Å². The van der Waals surface area contributed by atoms with Gasteiger partial charge in [0.25, 0.3) is 0 Å². The molecule has 0 aromatic rings. The number of rotatable bonds is 3. The number of aldehydes is 1. The number of ether oxygens (including phenoxy) is 1. The molecule has 0 saturated carbocycles. The maximum absolute atomic E-state index is 11.0. The van der Waals surface area contributed by atoms with Crippen molar-refractivity contribution >= 4 is 6.29 Å². The Bertz CT molecular complexity index is 173. The van der Waals surface area contributed by atoms with E-state index in [2.05, 4.69) is 20.8 Å². The number of carbonyl (C=O) groups is 1. The summed E-state index contributed by atoms with van der Waals surface area (Å²) < 4.78 is 5.29. The summed E-state index contributed by atoms with van der Waals surface area (Å²) in [5.74, 6) is 0. The molecule has 13 heavy (non-hydrogen) atoms. The van der Waals surface area contributed by atoms with Gasteiger partial charge in [0.05, 0.1) is 12.0 Å². The molecule has 1 atom stereocenters. The first-order valence-corrected chi connectivity index (χ1v) is 5.02. The summed E-state index contributed by atoms with van der Waals surface area (Å²) in [6, 6.07) is 0. The summed E-state index contributed by atoms with van der Waals surface area (Å²) >= 11 is 0. The molecular formula is C11H20O2. The van der Waals surface area contributed by atoms with Crippen molar-refractivity contribution in [2.24, 2.45) is 10.8 Å². The molecule has 0 amide bonds.